The predicted molar refractivity (Wildman–Crippen MR) is 108 cm³/mol. The van der Waals surface area contributed by atoms with Crippen molar-refractivity contribution in [2.75, 3.05) is 13.1 Å². The van der Waals surface area contributed by atoms with E-state index in [1.165, 1.54) is 23.9 Å². The van der Waals surface area contributed by atoms with E-state index in [0.717, 1.165) is 42.6 Å². The number of carbonyl (C=O) groups is 1. The van der Waals surface area contributed by atoms with Gasteiger partial charge in [0.15, 0.2) is 0 Å². The van der Waals surface area contributed by atoms with Crippen LogP contribution >= 0.6 is 12.4 Å². The van der Waals surface area contributed by atoms with E-state index in [9.17, 15) is 14.4 Å². The second-order valence-electron chi connectivity index (χ2n) is 6.80. The van der Waals surface area contributed by atoms with Crippen LogP contribution in [-0.4, -0.2) is 44.1 Å². The minimum atomic E-state index is -0.490. The molecule has 1 atom stereocenters. The lowest BCUT2D eigenvalue weighted by Crippen LogP contribution is -2.45. The van der Waals surface area contributed by atoms with E-state index in [1.54, 1.807) is 6.20 Å². The second-order valence-corrected chi connectivity index (χ2v) is 6.80. The molecule has 0 bridgehead atoms. The average molecular weight is 408 g/mol. The first-order chi connectivity index (χ1) is 13.1. The molecule has 0 aromatic carbocycles. The minimum Gasteiger partial charge on any atom is -0.332 e. The Morgan fingerprint density at radius 1 is 1.25 bits per heavy atom. The molecule has 0 saturated carbocycles. The Morgan fingerprint density at radius 2 is 2.07 bits per heavy atom. The number of halogens is 1. The van der Waals surface area contributed by atoms with Gasteiger partial charge in [-0.15, -0.1) is 12.4 Å². The molecule has 1 saturated heterocycles. The molecule has 0 spiro atoms. The number of nitrogens with zero attached hydrogens (tertiary/aromatic N) is 4. The largest absolute Gasteiger partial charge is 0.332 e. The summed E-state index contributed by atoms with van der Waals surface area (Å²) in [4.78, 5) is 43.1. The third-order valence-corrected chi connectivity index (χ3v) is 4.93. The second kappa shape index (κ2) is 10.2. The summed E-state index contributed by atoms with van der Waals surface area (Å²) in [5.74, 6) is -0.145. The molecule has 3 rings (SSSR count). The number of amides is 1. The molecule has 1 aliphatic rings. The van der Waals surface area contributed by atoms with Gasteiger partial charge in [-0.05, 0) is 44.5 Å². The van der Waals surface area contributed by atoms with E-state index in [4.69, 9.17) is 0 Å². The van der Waals surface area contributed by atoms with Gasteiger partial charge < -0.3 is 10.2 Å². The number of hydrogen-bond donors (Lipinski definition) is 1. The van der Waals surface area contributed by atoms with Gasteiger partial charge in [-0.1, -0.05) is 6.07 Å². The van der Waals surface area contributed by atoms with Crippen LogP contribution < -0.4 is 16.6 Å². The first-order valence-corrected chi connectivity index (χ1v) is 9.23. The van der Waals surface area contributed by atoms with Gasteiger partial charge in [0.25, 0.3) is 5.56 Å². The van der Waals surface area contributed by atoms with Crippen molar-refractivity contribution < 1.29 is 4.79 Å². The summed E-state index contributed by atoms with van der Waals surface area (Å²) in [6.45, 7) is 2.12. The molecule has 8 nitrogen and oxygen atoms in total. The van der Waals surface area contributed by atoms with Gasteiger partial charge in [-0.2, -0.15) is 0 Å². The SMILES string of the molecule is Cl.Cn1c(=O)ccn(CC(=O)N(Cc2ccccn2)C2CCCNCC2)c1=O. The standard InChI is InChI=1S/C19H25N5O3.ClH/c1-22-17(25)8-12-23(19(22)27)14-18(26)24(13-15-5-2-3-10-21-15)16-6-4-9-20-11-7-16;/h2-3,5,8,10,12,16,20H,4,6-7,9,11,13-14H2,1H3;1H. The Kier molecular flexibility index (Phi) is 7.95. The van der Waals surface area contributed by atoms with Crippen LogP contribution in [0.2, 0.25) is 0 Å². The first kappa shape index (κ1) is 21.8. The molecule has 3 heterocycles. The topological polar surface area (TPSA) is 89.2 Å². The first-order valence-electron chi connectivity index (χ1n) is 9.23. The fourth-order valence-corrected chi connectivity index (χ4v) is 3.37. The summed E-state index contributed by atoms with van der Waals surface area (Å²) in [6.07, 6.45) is 5.87. The molecule has 9 heteroatoms. The molecule has 152 valence electrons. The average Bonchev–Trinajstić information content (AvgIpc) is 2.96. The lowest BCUT2D eigenvalue weighted by molar-refractivity contribution is -0.135. The van der Waals surface area contributed by atoms with Crippen molar-refractivity contribution in [2.24, 2.45) is 7.05 Å². The van der Waals surface area contributed by atoms with E-state index in [0.29, 0.717) is 6.54 Å². The summed E-state index contributed by atoms with van der Waals surface area (Å²) in [5, 5.41) is 3.36. The Hall–Kier alpha value is -2.45. The van der Waals surface area contributed by atoms with Crippen molar-refractivity contribution in [3.63, 3.8) is 0 Å². The van der Waals surface area contributed by atoms with Crippen LogP contribution in [0.4, 0.5) is 0 Å². The molecule has 0 radical (unpaired) electrons. The van der Waals surface area contributed by atoms with Gasteiger partial charge in [0.05, 0.1) is 12.2 Å². The molecular formula is C19H26ClN5O3. The third-order valence-electron chi connectivity index (χ3n) is 4.93. The molecule has 1 fully saturated rings. The summed E-state index contributed by atoms with van der Waals surface area (Å²) >= 11 is 0. The number of hydrogen-bond acceptors (Lipinski definition) is 5. The number of carbonyl (C=O) groups excluding carboxylic acids is 1. The van der Waals surface area contributed by atoms with Crippen LogP contribution in [-0.2, 0) is 24.9 Å². The fraction of sp³-hybridized carbons (Fsp3) is 0.474. The fourth-order valence-electron chi connectivity index (χ4n) is 3.37. The molecule has 1 unspecified atom stereocenters. The number of aromatic nitrogens is 3. The molecule has 1 N–H and O–H groups in total. The zero-order valence-corrected chi connectivity index (χ0v) is 16.7. The highest BCUT2D eigenvalue weighted by Gasteiger charge is 2.25. The van der Waals surface area contributed by atoms with Crippen LogP contribution in [0.1, 0.15) is 25.0 Å². The highest BCUT2D eigenvalue weighted by Crippen LogP contribution is 2.17. The molecule has 1 amide bonds. The molecule has 2 aromatic heterocycles. The quantitative estimate of drug-likeness (QED) is 0.781. The van der Waals surface area contributed by atoms with E-state index in [-0.39, 0.29) is 36.5 Å². The van der Waals surface area contributed by atoms with E-state index < -0.39 is 5.69 Å². The Balaban J connectivity index is 0.00000280. The van der Waals surface area contributed by atoms with E-state index in [1.807, 2.05) is 23.1 Å². The maximum atomic E-state index is 13.1. The van der Waals surface area contributed by atoms with Crippen LogP contribution in [0.25, 0.3) is 0 Å². The van der Waals surface area contributed by atoms with Gasteiger partial charge in [-0.3, -0.25) is 23.7 Å². The van der Waals surface area contributed by atoms with Crippen molar-refractivity contribution >= 4 is 18.3 Å². The van der Waals surface area contributed by atoms with Crippen molar-refractivity contribution in [3.8, 4) is 0 Å². The Morgan fingerprint density at radius 3 is 2.82 bits per heavy atom. The summed E-state index contributed by atoms with van der Waals surface area (Å²) in [6, 6.07) is 7.03. The number of rotatable bonds is 5. The lowest BCUT2D eigenvalue weighted by Gasteiger charge is -2.31. The van der Waals surface area contributed by atoms with Crippen LogP contribution in [0.3, 0.4) is 0 Å². The monoisotopic (exact) mass is 407 g/mol. The molecule has 28 heavy (non-hydrogen) atoms. The maximum absolute atomic E-state index is 13.1. The predicted octanol–water partition coefficient (Wildman–Crippen LogP) is 0.535. The zero-order valence-electron chi connectivity index (χ0n) is 15.9. The number of nitrogens with one attached hydrogen (secondary N) is 1. The highest BCUT2D eigenvalue weighted by molar-refractivity contribution is 5.85. The lowest BCUT2D eigenvalue weighted by atomic mass is 10.1. The number of pyridine rings is 1. The summed E-state index contributed by atoms with van der Waals surface area (Å²) < 4.78 is 2.29. The van der Waals surface area contributed by atoms with Crippen molar-refractivity contribution in [1.29, 1.82) is 0 Å². The highest BCUT2D eigenvalue weighted by atomic mass is 35.5. The van der Waals surface area contributed by atoms with Crippen LogP contribution in [0.15, 0.2) is 46.2 Å². The van der Waals surface area contributed by atoms with Crippen molar-refractivity contribution in [3.05, 3.63) is 63.2 Å². The normalized spacial score (nSPS) is 16.7. The van der Waals surface area contributed by atoms with E-state index in [2.05, 4.69) is 10.3 Å². The van der Waals surface area contributed by atoms with Gasteiger partial charge in [0.2, 0.25) is 5.91 Å². The summed E-state index contributed by atoms with van der Waals surface area (Å²) in [7, 11) is 1.41. The van der Waals surface area contributed by atoms with Crippen LogP contribution in [0.5, 0.6) is 0 Å². The van der Waals surface area contributed by atoms with Gasteiger partial charge in [0.1, 0.15) is 6.54 Å². The molecule has 1 aliphatic heterocycles. The third kappa shape index (κ3) is 5.30. The Bertz CT molecular complexity index is 888. The Labute approximate surface area is 169 Å². The molecule has 0 aliphatic carbocycles. The maximum Gasteiger partial charge on any atom is 0.331 e. The van der Waals surface area contributed by atoms with Crippen molar-refractivity contribution in [1.82, 2.24) is 24.3 Å². The van der Waals surface area contributed by atoms with E-state index >= 15 is 0 Å². The molecule has 2 aromatic rings. The summed E-state index contributed by atoms with van der Waals surface area (Å²) in [5.41, 5.74) is -0.0593. The van der Waals surface area contributed by atoms with Gasteiger partial charge >= 0.3 is 5.69 Å². The van der Waals surface area contributed by atoms with Gasteiger partial charge in [-0.25, -0.2) is 4.79 Å². The zero-order chi connectivity index (χ0) is 19.2. The van der Waals surface area contributed by atoms with Crippen LogP contribution in [0, 0.1) is 0 Å². The minimum absolute atomic E-state index is 0. The van der Waals surface area contributed by atoms with Crippen molar-refractivity contribution in [2.45, 2.75) is 38.4 Å². The van der Waals surface area contributed by atoms with Gasteiger partial charge in [0, 0.05) is 31.5 Å². The molecular weight excluding hydrogens is 382 g/mol. The smallest absolute Gasteiger partial charge is 0.331 e.